The minimum Gasteiger partial charge on any atom is -0.309 e. The minimum absolute atomic E-state index is 0.157. The number of rotatable bonds is 4. The molecule has 12 rings (SSSR count). The van der Waals surface area contributed by atoms with Gasteiger partial charge in [-0.05, 0) is 94.0 Å². The molecule has 0 radical (unpaired) electrons. The normalized spacial score (nSPS) is 13.3. The number of hydrogen-bond donors (Lipinski definition) is 0. The van der Waals surface area contributed by atoms with Crippen LogP contribution >= 0.6 is 0 Å². The Labute approximate surface area is 324 Å². The van der Waals surface area contributed by atoms with Gasteiger partial charge in [-0.15, -0.1) is 0 Å². The summed E-state index contributed by atoms with van der Waals surface area (Å²) in [5.74, 6) is 0.885. The van der Waals surface area contributed by atoms with Crippen LogP contribution in [0.4, 0.5) is 0 Å². The van der Waals surface area contributed by atoms with Gasteiger partial charge in [0, 0.05) is 44.4 Å². The number of para-hydroxylation sites is 3. The van der Waals surface area contributed by atoms with Crippen molar-refractivity contribution in [2.75, 3.05) is 0 Å². The predicted molar refractivity (Wildman–Crippen MR) is 232 cm³/mol. The first-order valence-corrected chi connectivity index (χ1v) is 19.4. The van der Waals surface area contributed by atoms with Gasteiger partial charge < -0.3 is 4.57 Å². The molecule has 0 fully saturated rings. The van der Waals surface area contributed by atoms with Gasteiger partial charge in [-0.2, -0.15) is 0 Å². The molecule has 0 atom stereocenters. The highest BCUT2D eigenvalue weighted by molar-refractivity contribution is 6.12. The number of aromatic nitrogens is 4. The minimum atomic E-state index is -0.157. The molecule has 0 aliphatic heterocycles. The fourth-order valence-electron chi connectivity index (χ4n) is 9.80. The Hall–Kier alpha value is -7.17. The van der Waals surface area contributed by atoms with Gasteiger partial charge in [0.1, 0.15) is 0 Å². The zero-order valence-electron chi connectivity index (χ0n) is 31.1. The maximum atomic E-state index is 5.60. The molecule has 0 N–H and O–H groups in total. The lowest BCUT2D eigenvalue weighted by Gasteiger charge is -2.23. The highest BCUT2D eigenvalue weighted by Gasteiger charge is 2.38. The van der Waals surface area contributed by atoms with E-state index in [9.17, 15) is 0 Å². The molecule has 4 aromatic heterocycles. The van der Waals surface area contributed by atoms with E-state index in [1.54, 1.807) is 0 Å². The highest BCUT2D eigenvalue weighted by Crippen LogP contribution is 2.52. The van der Waals surface area contributed by atoms with Crippen molar-refractivity contribution in [2.24, 2.45) is 0 Å². The van der Waals surface area contributed by atoms with Gasteiger partial charge in [-0.3, -0.25) is 8.97 Å². The fourth-order valence-corrected chi connectivity index (χ4v) is 9.80. The summed E-state index contributed by atoms with van der Waals surface area (Å²) in [5, 5.41) is 4.91. The Kier molecular flexibility index (Phi) is 6.37. The lowest BCUT2D eigenvalue weighted by Crippen LogP contribution is -2.16. The summed E-state index contributed by atoms with van der Waals surface area (Å²) in [6, 6.07) is 64.0. The first-order valence-electron chi connectivity index (χ1n) is 19.4. The van der Waals surface area contributed by atoms with E-state index in [4.69, 9.17) is 4.98 Å². The van der Waals surface area contributed by atoms with E-state index in [1.165, 1.54) is 77.2 Å². The molecular weight excluding hydrogens is 681 g/mol. The molecule has 11 aromatic rings. The van der Waals surface area contributed by atoms with Gasteiger partial charge in [0.25, 0.3) is 0 Å². The monoisotopic (exact) mass is 716 g/mol. The standard InChI is InChI=1S/C52H36N4/c1-52(2)43-22-9-6-17-36(43)39-20-14-21-40(49(39)52)50-48-25-12-13-30-54(48)51(53-50)56-45-24-11-8-19-38(45)42-32-34(27-29-47(42)56)33-26-28-46-41(31-33)37-18-7-10-23-44(37)55(46)35-15-4-3-5-16-35/h3-32H,1-2H3. The van der Waals surface area contributed by atoms with Gasteiger partial charge in [0.15, 0.2) is 0 Å². The smallest absolute Gasteiger partial charge is 0.220 e. The molecule has 264 valence electrons. The zero-order chi connectivity index (χ0) is 37.1. The van der Waals surface area contributed by atoms with Crippen molar-refractivity contribution >= 4 is 49.1 Å². The second-order valence-electron chi connectivity index (χ2n) is 15.6. The molecule has 4 heterocycles. The quantitative estimate of drug-likeness (QED) is 0.178. The van der Waals surface area contributed by atoms with Crippen LogP contribution in [0.1, 0.15) is 25.0 Å². The molecule has 0 saturated carbocycles. The topological polar surface area (TPSA) is 27.2 Å². The van der Waals surface area contributed by atoms with Crippen molar-refractivity contribution in [1.29, 1.82) is 0 Å². The SMILES string of the molecule is CC1(C)c2ccccc2-c2cccc(-c3nc(-n4c5ccccc5c5cc(-c6ccc7c(c6)c6ccccc6n7-c6ccccc6)ccc54)n4ccccc34)c21. The van der Waals surface area contributed by atoms with Crippen molar-refractivity contribution in [3.63, 3.8) is 0 Å². The van der Waals surface area contributed by atoms with Crippen molar-refractivity contribution in [3.8, 4) is 45.1 Å². The van der Waals surface area contributed by atoms with Crippen LogP contribution in [0.15, 0.2) is 182 Å². The Bertz CT molecular complexity index is 3390. The van der Waals surface area contributed by atoms with E-state index in [-0.39, 0.29) is 5.41 Å². The number of fused-ring (bicyclic) bond motifs is 10. The third-order valence-electron chi connectivity index (χ3n) is 12.3. The van der Waals surface area contributed by atoms with E-state index < -0.39 is 0 Å². The van der Waals surface area contributed by atoms with E-state index in [1.807, 2.05) is 0 Å². The van der Waals surface area contributed by atoms with Gasteiger partial charge in [-0.1, -0.05) is 129 Å². The number of imidazole rings is 1. The number of pyridine rings is 1. The third kappa shape index (κ3) is 4.21. The molecule has 1 aliphatic carbocycles. The average molecular weight is 717 g/mol. The molecular formula is C52H36N4. The summed E-state index contributed by atoms with van der Waals surface area (Å²) in [6.45, 7) is 4.70. The molecule has 7 aromatic carbocycles. The van der Waals surface area contributed by atoms with Crippen molar-refractivity contribution in [3.05, 3.63) is 193 Å². The molecule has 0 spiro atoms. The molecule has 0 amide bonds. The molecule has 56 heavy (non-hydrogen) atoms. The Morgan fingerprint density at radius 3 is 1.73 bits per heavy atom. The second-order valence-corrected chi connectivity index (χ2v) is 15.6. The Balaban J connectivity index is 1.05. The third-order valence-corrected chi connectivity index (χ3v) is 12.3. The predicted octanol–water partition coefficient (Wildman–Crippen LogP) is 13.2. The van der Waals surface area contributed by atoms with E-state index >= 15 is 0 Å². The van der Waals surface area contributed by atoms with Crippen LogP contribution in [0.25, 0.3) is 94.3 Å². The van der Waals surface area contributed by atoms with Gasteiger partial charge in [0.05, 0.1) is 33.3 Å². The largest absolute Gasteiger partial charge is 0.309 e. The Morgan fingerprint density at radius 2 is 0.982 bits per heavy atom. The number of nitrogens with zero attached hydrogens (tertiary/aromatic N) is 4. The summed E-state index contributed by atoms with van der Waals surface area (Å²) < 4.78 is 6.99. The molecule has 0 unspecified atom stereocenters. The van der Waals surface area contributed by atoms with Gasteiger partial charge >= 0.3 is 0 Å². The maximum absolute atomic E-state index is 5.60. The maximum Gasteiger partial charge on any atom is 0.220 e. The molecule has 1 aliphatic rings. The first-order chi connectivity index (χ1) is 27.6. The zero-order valence-corrected chi connectivity index (χ0v) is 31.1. The molecule has 4 nitrogen and oxygen atoms in total. The van der Waals surface area contributed by atoms with E-state index in [2.05, 4.69) is 210 Å². The van der Waals surface area contributed by atoms with Crippen LogP contribution in [0.5, 0.6) is 0 Å². The number of hydrogen-bond acceptors (Lipinski definition) is 1. The first kappa shape index (κ1) is 31.2. The summed E-state index contributed by atoms with van der Waals surface area (Å²) in [7, 11) is 0. The van der Waals surface area contributed by atoms with E-state index in [0.717, 1.165) is 28.2 Å². The van der Waals surface area contributed by atoms with Crippen LogP contribution in [0.3, 0.4) is 0 Å². The van der Waals surface area contributed by atoms with Gasteiger partial charge in [-0.25, -0.2) is 4.98 Å². The fraction of sp³-hybridized carbons (Fsp3) is 0.0577. The van der Waals surface area contributed by atoms with Gasteiger partial charge in [0.2, 0.25) is 5.95 Å². The summed E-state index contributed by atoms with van der Waals surface area (Å²) in [6.07, 6.45) is 2.15. The summed E-state index contributed by atoms with van der Waals surface area (Å²) >= 11 is 0. The number of benzene rings is 7. The van der Waals surface area contributed by atoms with Crippen molar-refractivity contribution < 1.29 is 0 Å². The Morgan fingerprint density at radius 1 is 0.429 bits per heavy atom. The lowest BCUT2D eigenvalue weighted by atomic mass is 9.79. The summed E-state index contributed by atoms with van der Waals surface area (Å²) in [4.78, 5) is 5.60. The second kappa shape index (κ2) is 11.4. The van der Waals surface area contributed by atoms with E-state index in [0.29, 0.717) is 0 Å². The van der Waals surface area contributed by atoms with Crippen LogP contribution in [0, 0.1) is 0 Å². The van der Waals surface area contributed by atoms with Crippen LogP contribution < -0.4 is 0 Å². The van der Waals surface area contributed by atoms with Crippen molar-refractivity contribution in [1.82, 2.24) is 18.5 Å². The molecule has 0 saturated heterocycles. The highest BCUT2D eigenvalue weighted by atomic mass is 15.2. The van der Waals surface area contributed by atoms with Crippen LogP contribution in [-0.2, 0) is 5.41 Å². The lowest BCUT2D eigenvalue weighted by molar-refractivity contribution is 0.662. The van der Waals surface area contributed by atoms with Crippen LogP contribution in [0.2, 0.25) is 0 Å². The summed E-state index contributed by atoms with van der Waals surface area (Å²) in [5.41, 5.74) is 16.7. The molecule has 0 bridgehead atoms. The molecule has 4 heteroatoms. The van der Waals surface area contributed by atoms with Crippen molar-refractivity contribution in [2.45, 2.75) is 19.3 Å². The average Bonchev–Trinajstić information content (AvgIpc) is 3.96. The van der Waals surface area contributed by atoms with Crippen LogP contribution in [-0.4, -0.2) is 18.5 Å².